The molecule has 1 saturated heterocycles. The zero-order valence-electron chi connectivity index (χ0n) is 10.00. The summed E-state index contributed by atoms with van der Waals surface area (Å²) in [6, 6.07) is 4.71. The molecule has 0 saturated carbocycles. The van der Waals surface area contributed by atoms with Crippen LogP contribution in [-0.2, 0) is 9.59 Å². The number of benzene rings is 1. The third-order valence-corrected chi connectivity index (χ3v) is 3.86. The molecule has 0 aromatic heterocycles. The van der Waals surface area contributed by atoms with Crippen molar-refractivity contribution in [2.45, 2.75) is 0 Å². The van der Waals surface area contributed by atoms with Gasteiger partial charge in [-0.3, -0.25) is 19.3 Å². The van der Waals surface area contributed by atoms with Gasteiger partial charge in [0.05, 0.1) is 4.91 Å². The monoisotopic (exact) mass is 356 g/mol. The number of carbonyl (C=O) groups excluding carboxylic acids is 3. The molecule has 0 atom stereocenters. The summed E-state index contributed by atoms with van der Waals surface area (Å²) < 4.78 is 0.720. The number of aromatic hydroxyl groups is 1. The first-order chi connectivity index (χ1) is 9.38. The number of phenols is 1. The number of imide groups is 1. The number of nitrogens with two attached hydrogens (primary N) is 1. The quantitative estimate of drug-likeness (QED) is 0.802. The van der Waals surface area contributed by atoms with Gasteiger partial charge in [-0.05, 0) is 36.0 Å². The van der Waals surface area contributed by atoms with Crippen molar-refractivity contribution in [3.8, 4) is 5.75 Å². The fourth-order valence-corrected chi connectivity index (χ4v) is 2.78. The SMILES string of the molecule is NC(=O)CN1C(=O)S/C(=C\c2cc(Br)ccc2O)C1=O. The third-order valence-electron chi connectivity index (χ3n) is 2.46. The van der Waals surface area contributed by atoms with Gasteiger partial charge in [0, 0.05) is 10.0 Å². The molecule has 6 nitrogen and oxygen atoms in total. The maximum Gasteiger partial charge on any atom is 0.294 e. The zero-order valence-corrected chi connectivity index (χ0v) is 12.4. The largest absolute Gasteiger partial charge is 0.507 e. The molecule has 1 aromatic carbocycles. The van der Waals surface area contributed by atoms with Crippen LogP contribution in [0.5, 0.6) is 5.75 Å². The van der Waals surface area contributed by atoms with E-state index in [4.69, 9.17) is 5.73 Å². The van der Waals surface area contributed by atoms with E-state index in [0.717, 1.165) is 9.37 Å². The topological polar surface area (TPSA) is 101 Å². The molecule has 3 N–H and O–H groups in total. The van der Waals surface area contributed by atoms with Gasteiger partial charge < -0.3 is 10.8 Å². The van der Waals surface area contributed by atoms with E-state index < -0.39 is 23.6 Å². The van der Waals surface area contributed by atoms with E-state index in [1.165, 1.54) is 12.1 Å². The van der Waals surface area contributed by atoms with Crippen LogP contribution in [0.15, 0.2) is 27.6 Å². The molecule has 1 aliphatic rings. The Morgan fingerprint density at radius 1 is 1.45 bits per heavy atom. The molecule has 2 rings (SSSR count). The number of phenolic OH excluding ortho intramolecular Hbond substituents is 1. The number of hydrogen-bond donors (Lipinski definition) is 2. The maximum atomic E-state index is 12.0. The predicted octanol–water partition coefficient (Wildman–Crippen LogP) is 1.68. The van der Waals surface area contributed by atoms with Crippen LogP contribution in [-0.4, -0.2) is 33.6 Å². The highest BCUT2D eigenvalue weighted by atomic mass is 79.9. The molecule has 0 spiro atoms. The van der Waals surface area contributed by atoms with Gasteiger partial charge in [0.2, 0.25) is 5.91 Å². The lowest BCUT2D eigenvalue weighted by atomic mass is 10.2. The van der Waals surface area contributed by atoms with E-state index in [0.29, 0.717) is 17.3 Å². The summed E-state index contributed by atoms with van der Waals surface area (Å²) in [6.45, 7) is -0.452. The van der Waals surface area contributed by atoms with Crippen molar-refractivity contribution in [1.82, 2.24) is 4.90 Å². The van der Waals surface area contributed by atoms with Gasteiger partial charge in [-0.25, -0.2) is 0 Å². The highest BCUT2D eigenvalue weighted by Crippen LogP contribution is 2.34. The van der Waals surface area contributed by atoms with E-state index >= 15 is 0 Å². The van der Waals surface area contributed by atoms with Crippen molar-refractivity contribution in [1.29, 1.82) is 0 Å². The van der Waals surface area contributed by atoms with Gasteiger partial charge in [0.15, 0.2) is 0 Å². The Balaban J connectivity index is 2.32. The maximum absolute atomic E-state index is 12.0. The van der Waals surface area contributed by atoms with E-state index in [1.807, 2.05) is 0 Å². The number of primary amides is 1. The lowest BCUT2D eigenvalue weighted by Gasteiger charge is -2.08. The summed E-state index contributed by atoms with van der Waals surface area (Å²) in [5.41, 5.74) is 5.37. The molecule has 0 aliphatic carbocycles. The molecule has 0 unspecified atom stereocenters. The van der Waals surface area contributed by atoms with Crippen molar-refractivity contribution >= 4 is 50.8 Å². The van der Waals surface area contributed by atoms with Crippen molar-refractivity contribution < 1.29 is 19.5 Å². The summed E-state index contributed by atoms with van der Waals surface area (Å²) in [5.74, 6) is -1.38. The molecule has 3 amide bonds. The van der Waals surface area contributed by atoms with Crippen LogP contribution in [0.2, 0.25) is 0 Å². The third kappa shape index (κ3) is 3.02. The molecule has 0 radical (unpaired) electrons. The lowest BCUT2D eigenvalue weighted by Crippen LogP contribution is -2.36. The lowest BCUT2D eigenvalue weighted by molar-refractivity contribution is -0.127. The predicted molar refractivity (Wildman–Crippen MR) is 77.7 cm³/mol. The number of thioether (sulfide) groups is 1. The fraction of sp³-hybridized carbons (Fsp3) is 0.0833. The first kappa shape index (κ1) is 14.6. The minimum Gasteiger partial charge on any atom is -0.507 e. The van der Waals surface area contributed by atoms with Gasteiger partial charge >= 0.3 is 0 Å². The van der Waals surface area contributed by atoms with Gasteiger partial charge in [0.1, 0.15) is 12.3 Å². The van der Waals surface area contributed by atoms with Crippen LogP contribution in [0.3, 0.4) is 0 Å². The number of rotatable bonds is 3. The number of halogens is 1. The second-order valence-corrected chi connectivity index (χ2v) is 5.85. The minimum atomic E-state index is -0.765. The smallest absolute Gasteiger partial charge is 0.294 e. The summed E-state index contributed by atoms with van der Waals surface area (Å²) >= 11 is 3.94. The fourth-order valence-electron chi connectivity index (χ4n) is 1.57. The van der Waals surface area contributed by atoms with Crippen molar-refractivity contribution in [2.24, 2.45) is 5.73 Å². The first-order valence-corrected chi connectivity index (χ1v) is 7.01. The van der Waals surface area contributed by atoms with Gasteiger partial charge in [-0.2, -0.15) is 0 Å². The molecule has 20 heavy (non-hydrogen) atoms. The second-order valence-electron chi connectivity index (χ2n) is 3.94. The van der Waals surface area contributed by atoms with Crippen LogP contribution < -0.4 is 5.73 Å². The summed E-state index contributed by atoms with van der Waals surface area (Å²) in [5, 5.41) is 9.14. The molecule has 1 heterocycles. The Morgan fingerprint density at radius 2 is 2.15 bits per heavy atom. The van der Waals surface area contributed by atoms with Crippen molar-refractivity contribution in [2.75, 3.05) is 6.54 Å². The minimum absolute atomic E-state index is 0.0186. The number of amides is 3. The summed E-state index contributed by atoms with van der Waals surface area (Å²) in [7, 11) is 0. The van der Waals surface area contributed by atoms with Crippen molar-refractivity contribution in [3.63, 3.8) is 0 Å². The summed E-state index contributed by atoms with van der Waals surface area (Å²) in [6.07, 6.45) is 1.39. The Bertz CT molecular complexity index is 644. The first-order valence-electron chi connectivity index (χ1n) is 5.40. The molecule has 1 fully saturated rings. The number of hydrogen-bond acceptors (Lipinski definition) is 5. The Labute approximate surface area is 126 Å². The molecular formula is C12H9BrN2O4S. The van der Waals surface area contributed by atoms with E-state index in [9.17, 15) is 19.5 Å². The second kappa shape index (κ2) is 5.68. The Hall–Kier alpha value is -1.80. The summed E-state index contributed by atoms with van der Waals surface area (Å²) in [4.78, 5) is 35.3. The highest BCUT2D eigenvalue weighted by molar-refractivity contribution is 9.10. The molecule has 1 aliphatic heterocycles. The molecular weight excluding hydrogens is 348 g/mol. The van der Waals surface area contributed by atoms with Crippen LogP contribution in [0.4, 0.5) is 4.79 Å². The average Bonchev–Trinajstić information content (AvgIpc) is 2.61. The standard InChI is InChI=1S/C12H9BrN2O4S/c13-7-1-2-8(16)6(3-7)4-9-11(18)15(5-10(14)17)12(19)20-9/h1-4,16H,5H2,(H2,14,17)/b9-4-. The van der Waals surface area contributed by atoms with Crippen molar-refractivity contribution in [3.05, 3.63) is 33.1 Å². The van der Waals surface area contributed by atoms with Gasteiger partial charge in [-0.15, -0.1) is 0 Å². The van der Waals surface area contributed by atoms with Gasteiger partial charge in [0.25, 0.3) is 11.1 Å². The molecule has 8 heteroatoms. The van der Waals surface area contributed by atoms with Crippen LogP contribution in [0.25, 0.3) is 6.08 Å². The average molecular weight is 357 g/mol. The Kier molecular flexibility index (Phi) is 4.15. The molecule has 1 aromatic rings. The zero-order chi connectivity index (χ0) is 14.9. The van der Waals surface area contributed by atoms with Crippen LogP contribution >= 0.6 is 27.7 Å². The van der Waals surface area contributed by atoms with E-state index in [-0.39, 0.29) is 10.7 Å². The van der Waals surface area contributed by atoms with Crippen LogP contribution in [0.1, 0.15) is 5.56 Å². The van der Waals surface area contributed by atoms with E-state index in [2.05, 4.69) is 15.9 Å². The Morgan fingerprint density at radius 3 is 2.80 bits per heavy atom. The van der Waals surface area contributed by atoms with Gasteiger partial charge in [-0.1, -0.05) is 15.9 Å². The van der Waals surface area contributed by atoms with Crippen LogP contribution in [0, 0.1) is 0 Å². The highest BCUT2D eigenvalue weighted by Gasteiger charge is 2.35. The number of carbonyl (C=O) groups is 3. The molecule has 104 valence electrons. The van der Waals surface area contributed by atoms with E-state index in [1.54, 1.807) is 12.1 Å². The normalized spacial score (nSPS) is 17.1. The molecule has 0 bridgehead atoms. The number of nitrogens with zero attached hydrogens (tertiary/aromatic N) is 1.